The second kappa shape index (κ2) is 44.5. The van der Waals surface area contributed by atoms with Gasteiger partial charge in [0.25, 0.3) is 0 Å². The maximum Gasteiger partial charge on any atom is 0.119 e. The van der Waals surface area contributed by atoms with Crippen molar-refractivity contribution in [2.75, 3.05) is 0 Å². The van der Waals surface area contributed by atoms with Gasteiger partial charge in [0.2, 0.25) is 0 Å². The highest BCUT2D eigenvalue weighted by atomic mass is 16.3. The van der Waals surface area contributed by atoms with Gasteiger partial charge in [-0.05, 0) is 114 Å². The first-order valence-corrected chi connectivity index (χ1v) is 36.2. The molecule has 0 saturated heterocycles. The van der Waals surface area contributed by atoms with Crippen molar-refractivity contribution in [3.8, 4) is 11.5 Å². The molecule has 0 aliphatic rings. The molecule has 0 aliphatic heterocycles. The fourth-order valence-corrected chi connectivity index (χ4v) is 14.2. The van der Waals surface area contributed by atoms with Crippen molar-refractivity contribution < 1.29 is 10.2 Å². The molecule has 466 valence electrons. The Hall–Kier alpha value is -1.96. The van der Waals surface area contributed by atoms with Crippen LogP contribution in [0.4, 0.5) is 0 Å². The van der Waals surface area contributed by atoms with Gasteiger partial charge >= 0.3 is 0 Å². The van der Waals surface area contributed by atoms with E-state index in [1.165, 1.54) is 330 Å². The minimum absolute atomic E-state index is 0.196. The van der Waals surface area contributed by atoms with Crippen molar-refractivity contribution >= 4 is 0 Å². The van der Waals surface area contributed by atoms with Gasteiger partial charge < -0.3 is 10.2 Å². The monoisotopic (exact) mass is 1110 g/mol. The van der Waals surface area contributed by atoms with E-state index in [0.29, 0.717) is 16.9 Å². The first kappa shape index (κ1) is 74.1. The molecule has 2 heteroatoms. The van der Waals surface area contributed by atoms with Gasteiger partial charge in [-0.3, -0.25) is 0 Å². The second-order valence-corrected chi connectivity index (χ2v) is 29.1. The number of hydrogen-bond donors (Lipinski definition) is 2. The first-order chi connectivity index (χ1) is 38.5. The van der Waals surface area contributed by atoms with E-state index in [2.05, 4.69) is 107 Å². The van der Waals surface area contributed by atoms with Crippen molar-refractivity contribution in [1.82, 2.24) is 0 Å². The van der Waals surface area contributed by atoms with E-state index in [4.69, 9.17) is 0 Å². The van der Waals surface area contributed by atoms with Crippen molar-refractivity contribution in [3.05, 3.63) is 57.6 Å². The molecule has 0 saturated carbocycles. The molecule has 0 fully saturated rings. The fourth-order valence-electron chi connectivity index (χ4n) is 14.2. The maximum absolute atomic E-state index is 11.8. The summed E-state index contributed by atoms with van der Waals surface area (Å²) in [6.07, 6.45) is 68.7. The van der Waals surface area contributed by atoms with E-state index in [1.54, 1.807) is 0 Å². The quantitative estimate of drug-likeness (QED) is 0.0648. The Morgan fingerprint density at radius 3 is 0.688 bits per heavy atom. The van der Waals surface area contributed by atoms with Gasteiger partial charge in [0, 0.05) is 5.41 Å². The number of aryl methyl sites for hydroxylation is 2. The molecule has 0 radical (unpaired) electrons. The van der Waals surface area contributed by atoms with Crippen LogP contribution in [0.1, 0.15) is 424 Å². The number of phenols is 2. The van der Waals surface area contributed by atoms with Crippen LogP contribution in [0, 0.1) is 19.3 Å². The van der Waals surface area contributed by atoms with E-state index >= 15 is 0 Å². The van der Waals surface area contributed by atoms with Crippen LogP contribution in [-0.4, -0.2) is 10.2 Å². The summed E-state index contributed by atoms with van der Waals surface area (Å²) in [4.78, 5) is 0. The molecular formula is C78H142O2. The zero-order chi connectivity index (χ0) is 58.8. The summed E-state index contributed by atoms with van der Waals surface area (Å²) in [5.74, 6) is 0.887. The highest BCUT2D eigenvalue weighted by Gasteiger charge is 2.42. The van der Waals surface area contributed by atoms with Crippen molar-refractivity contribution in [2.45, 2.75) is 420 Å². The molecule has 0 atom stereocenters. The summed E-state index contributed by atoms with van der Waals surface area (Å²) < 4.78 is 0. The van der Waals surface area contributed by atoms with Crippen LogP contribution in [0.2, 0.25) is 0 Å². The lowest BCUT2D eigenvalue weighted by Crippen LogP contribution is -2.34. The number of benzene rings is 2. The molecule has 0 amide bonds. The molecule has 2 N–H and O–H groups in total. The zero-order valence-corrected chi connectivity index (χ0v) is 56.6. The number of rotatable bonds is 53. The Kier molecular flexibility index (Phi) is 41.2. The lowest BCUT2D eigenvalue weighted by Gasteiger charge is -2.44. The Morgan fingerprint density at radius 1 is 0.250 bits per heavy atom. The summed E-state index contributed by atoms with van der Waals surface area (Å²) >= 11 is 0. The summed E-state index contributed by atoms with van der Waals surface area (Å²) in [5, 5.41) is 23.7. The number of phenolic OH excluding ortho intramolecular Hbond substituents is 2. The van der Waals surface area contributed by atoms with Crippen LogP contribution in [0.5, 0.6) is 11.5 Å². The van der Waals surface area contributed by atoms with E-state index in [-0.39, 0.29) is 16.2 Å². The minimum Gasteiger partial charge on any atom is -0.508 e. The smallest absolute Gasteiger partial charge is 0.119 e. The van der Waals surface area contributed by atoms with Crippen molar-refractivity contribution in [1.29, 1.82) is 0 Å². The van der Waals surface area contributed by atoms with E-state index in [9.17, 15) is 10.2 Å². The summed E-state index contributed by atoms with van der Waals surface area (Å²) in [5.41, 5.74) is 7.16. The lowest BCUT2D eigenvalue weighted by molar-refractivity contribution is 0.158. The Bertz CT molecular complexity index is 1630. The lowest BCUT2D eigenvalue weighted by atomic mass is 9.60. The summed E-state index contributed by atoms with van der Waals surface area (Å²) in [6, 6.07) is 9.26. The Balaban J connectivity index is 2.72. The zero-order valence-electron chi connectivity index (χ0n) is 56.6. The third-order valence-electron chi connectivity index (χ3n) is 19.6. The van der Waals surface area contributed by atoms with Gasteiger partial charge in [-0.25, -0.2) is 0 Å². The van der Waals surface area contributed by atoms with Crippen molar-refractivity contribution in [2.24, 2.45) is 5.41 Å². The average Bonchev–Trinajstić information content (AvgIpc) is 3.47. The molecule has 80 heavy (non-hydrogen) atoms. The maximum atomic E-state index is 11.8. The molecule has 0 aliphatic carbocycles. The van der Waals surface area contributed by atoms with E-state index in [1.807, 2.05) is 0 Å². The predicted molar refractivity (Wildman–Crippen MR) is 360 cm³/mol. The molecule has 0 heterocycles. The van der Waals surface area contributed by atoms with E-state index in [0.717, 1.165) is 24.0 Å². The fraction of sp³-hybridized carbons (Fsp3) is 0.846. The van der Waals surface area contributed by atoms with Crippen molar-refractivity contribution in [3.63, 3.8) is 0 Å². The third kappa shape index (κ3) is 31.3. The second-order valence-electron chi connectivity index (χ2n) is 29.1. The van der Waals surface area contributed by atoms with Crippen LogP contribution in [0.15, 0.2) is 24.3 Å². The molecular weight excluding hydrogens is 969 g/mol. The minimum atomic E-state index is -0.245. The highest BCUT2D eigenvalue weighted by molar-refractivity contribution is 5.56. The average molecular weight is 1110 g/mol. The van der Waals surface area contributed by atoms with Crippen LogP contribution >= 0.6 is 0 Å². The van der Waals surface area contributed by atoms with Crippen LogP contribution in [0.25, 0.3) is 0 Å². The van der Waals surface area contributed by atoms with Gasteiger partial charge in [0.1, 0.15) is 11.5 Å². The molecule has 0 aromatic heterocycles. The van der Waals surface area contributed by atoms with Crippen LogP contribution in [-0.2, 0) is 16.2 Å². The molecule has 2 aromatic rings. The summed E-state index contributed by atoms with van der Waals surface area (Å²) in [7, 11) is 0. The van der Waals surface area contributed by atoms with Gasteiger partial charge in [0.15, 0.2) is 0 Å². The molecule has 2 aromatic carbocycles. The normalized spacial score (nSPS) is 12.6. The summed E-state index contributed by atoms with van der Waals surface area (Å²) in [6.45, 7) is 27.7. The molecule has 0 spiro atoms. The Labute approximate surface area is 502 Å². The highest BCUT2D eigenvalue weighted by Crippen LogP contribution is 2.53. The SMILES string of the molecule is CCCCCCCCCCCCCC(CCCCCCCCCCCCC)(CCCCCCCCCCCCC)CCC(CCCCCCCCCCCCC)(c1cc(C(C)(C)C)c(O)cc1C)c1cc(C(C)(C)C)c(O)cc1C. The molecule has 2 nitrogen and oxygen atoms in total. The number of hydrogen-bond acceptors (Lipinski definition) is 2. The van der Waals surface area contributed by atoms with E-state index < -0.39 is 0 Å². The van der Waals surface area contributed by atoms with Gasteiger partial charge in [0.05, 0.1) is 0 Å². The molecule has 0 bridgehead atoms. The van der Waals surface area contributed by atoms with Gasteiger partial charge in [-0.15, -0.1) is 0 Å². The van der Waals surface area contributed by atoms with Gasteiger partial charge in [-0.1, -0.05) is 364 Å². The molecule has 2 rings (SSSR count). The number of unbranched alkanes of at least 4 members (excludes halogenated alkanes) is 40. The predicted octanol–water partition coefficient (Wildman–Crippen LogP) is 27.2. The van der Waals surface area contributed by atoms with Crippen LogP contribution in [0.3, 0.4) is 0 Å². The number of aromatic hydroxyl groups is 2. The molecule has 0 unspecified atom stereocenters. The Morgan fingerprint density at radius 2 is 0.463 bits per heavy atom. The third-order valence-corrected chi connectivity index (χ3v) is 19.6. The first-order valence-electron chi connectivity index (χ1n) is 36.2. The van der Waals surface area contributed by atoms with Crippen LogP contribution < -0.4 is 0 Å². The standard InChI is InChI=1S/C78H142O2/c1-13-17-21-25-29-33-37-41-45-49-53-57-77(58-54-50-46-42-38-34-30-26-22-18-14-2,59-55-51-47-43-39-35-31-27-23-19-15-3)61-62-78(60-56-52-48-44-40-36-32-28-24-20-16-4,69-65-71(75(7,8)9)73(79)63-67(69)5)70-66-72(76(10,11)12)74(80)64-68(70)6/h63-66,79-80H,13-62H2,1-12H3. The van der Waals surface area contributed by atoms with Gasteiger partial charge in [-0.2, -0.15) is 0 Å². The largest absolute Gasteiger partial charge is 0.508 e. The topological polar surface area (TPSA) is 40.5 Å².